The molecule has 0 aliphatic heterocycles. The molecule has 2 aromatic rings. The third-order valence-electron chi connectivity index (χ3n) is 3.76. The van der Waals surface area contributed by atoms with E-state index in [0.29, 0.717) is 5.56 Å². The minimum atomic E-state index is -0.862. The van der Waals surface area contributed by atoms with Crippen LogP contribution in [-0.2, 0) is 22.4 Å². The van der Waals surface area contributed by atoms with Crippen molar-refractivity contribution in [3.05, 3.63) is 65.7 Å². The first-order chi connectivity index (χ1) is 11.6. The molecule has 0 radical (unpaired) electrons. The Balaban J connectivity index is 2.16. The first kappa shape index (κ1) is 17.7. The van der Waals surface area contributed by atoms with Crippen LogP contribution in [0.3, 0.4) is 0 Å². The van der Waals surface area contributed by atoms with E-state index in [2.05, 4.69) is 5.32 Å². The summed E-state index contributed by atoms with van der Waals surface area (Å²) in [4.78, 5) is 25.0. The van der Waals surface area contributed by atoms with E-state index in [-0.39, 0.29) is 37.5 Å². The Labute approximate surface area is 141 Å². The van der Waals surface area contributed by atoms with Crippen LogP contribution in [0.25, 0.3) is 0 Å². The third kappa shape index (κ3) is 4.93. The highest BCUT2D eigenvalue weighted by Gasteiger charge is 2.27. The molecule has 0 heterocycles. The highest BCUT2D eigenvalue weighted by Crippen LogP contribution is 2.19. The van der Waals surface area contributed by atoms with Crippen LogP contribution >= 0.6 is 0 Å². The van der Waals surface area contributed by atoms with Gasteiger partial charge >= 0.3 is 0 Å². The van der Waals surface area contributed by atoms with Gasteiger partial charge < -0.3 is 15.5 Å². The number of hydrogen-bond donors (Lipinski definition) is 3. The molecule has 0 saturated heterocycles. The predicted octanol–water partition coefficient (Wildman–Crippen LogP) is 1.47. The molecule has 0 fully saturated rings. The zero-order valence-corrected chi connectivity index (χ0v) is 13.3. The van der Waals surface area contributed by atoms with Gasteiger partial charge in [-0.25, -0.2) is 0 Å². The fourth-order valence-corrected chi connectivity index (χ4v) is 2.48. The molecular formula is C19H21NO4. The molecule has 0 aliphatic carbocycles. The lowest BCUT2D eigenvalue weighted by molar-refractivity contribution is -0.133. The molecule has 2 rings (SSSR count). The first-order valence-corrected chi connectivity index (χ1v) is 7.84. The van der Waals surface area contributed by atoms with Crippen molar-refractivity contribution in [2.24, 2.45) is 5.92 Å². The minimum absolute atomic E-state index is 0.0171. The minimum Gasteiger partial charge on any atom is -0.508 e. The number of carbonyl (C=O) groups is 2. The lowest BCUT2D eigenvalue weighted by Gasteiger charge is -2.16. The summed E-state index contributed by atoms with van der Waals surface area (Å²) in [5.41, 5.74) is 1.38. The molecule has 5 heteroatoms. The summed E-state index contributed by atoms with van der Waals surface area (Å²) in [6.07, 6.45) is 0.265. The van der Waals surface area contributed by atoms with Crippen molar-refractivity contribution < 1.29 is 19.8 Å². The molecule has 1 atom stereocenters. The number of hydrogen-bond acceptors (Lipinski definition) is 4. The SMILES string of the molecule is O=C(Cc1ccccc1O)C(Cc1ccccc1)C(=O)NCCO. The van der Waals surface area contributed by atoms with Crippen LogP contribution in [-0.4, -0.2) is 35.1 Å². The van der Waals surface area contributed by atoms with Crippen LogP contribution in [0.2, 0.25) is 0 Å². The fraction of sp³-hybridized carbons (Fsp3) is 0.263. The topological polar surface area (TPSA) is 86.6 Å². The largest absolute Gasteiger partial charge is 0.508 e. The van der Waals surface area contributed by atoms with Gasteiger partial charge in [0.05, 0.1) is 6.61 Å². The average Bonchev–Trinajstić information content (AvgIpc) is 2.60. The molecule has 0 bridgehead atoms. The molecule has 24 heavy (non-hydrogen) atoms. The quantitative estimate of drug-likeness (QED) is 0.641. The number of aliphatic hydroxyl groups excluding tert-OH is 1. The van der Waals surface area contributed by atoms with Crippen LogP contribution in [0.15, 0.2) is 54.6 Å². The molecule has 1 unspecified atom stereocenters. The molecule has 0 spiro atoms. The van der Waals surface area contributed by atoms with Crippen LogP contribution in [0, 0.1) is 5.92 Å². The average molecular weight is 327 g/mol. The number of ketones is 1. The van der Waals surface area contributed by atoms with Gasteiger partial charge in [0, 0.05) is 18.5 Å². The maximum absolute atomic E-state index is 12.6. The van der Waals surface area contributed by atoms with Gasteiger partial charge in [0.2, 0.25) is 5.91 Å². The second-order valence-corrected chi connectivity index (χ2v) is 5.53. The van der Waals surface area contributed by atoms with E-state index >= 15 is 0 Å². The van der Waals surface area contributed by atoms with Crippen molar-refractivity contribution in [1.82, 2.24) is 5.32 Å². The summed E-state index contributed by atoms with van der Waals surface area (Å²) in [5.74, 6) is -1.50. The van der Waals surface area contributed by atoms with Crippen molar-refractivity contribution in [3.8, 4) is 5.75 Å². The number of aliphatic hydroxyl groups is 1. The fourth-order valence-electron chi connectivity index (χ4n) is 2.48. The van der Waals surface area contributed by atoms with Gasteiger partial charge in [-0.15, -0.1) is 0 Å². The maximum Gasteiger partial charge on any atom is 0.231 e. The second kappa shape index (κ2) is 8.84. The molecule has 126 valence electrons. The number of Topliss-reactive ketones (excluding diaryl/α,β-unsaturated/α-hetero) is 1. The molecule has 0 saturated carbocycles. The molecule has 1 amide bonds. The van der Waals surface area contributed by atoms with E-state index in [9.17, 15) is 14.7 Å². The maximum atomic E-state index is 12.6. The van der Waals surface area contributed by atoms with Gasteiger partial charge in [-0.3, -0.25) is 9.59 Å². The van der Waals surface area contributed by atoms with Crippen molar-refractivity contribution in [3.63, 3.8) is 0 Å². The Kier molecular flexibility index (Phi) is 6.51. The Bertz CT molecular complexity index is 685. The third-order valence-corrected chi connectivity index (χ3v) is 3.76. The highest BCUT2D eigenvalue weighted by atomic mass is 16.3. The number of amides is 1. The second-order valence-electron chi connectivity index (χ2n) is 5.53. The lowest BCUT2D eigenvalue weighted by atomic mass is 9.90. The number of aromatic hydroxyl groups is 1. The Morgan fingerprint density at radius 1 is 1.00 bits per heavy atom. The van der Waals surface area contributed by atoms with Crippen molar-refractivity contribution in [1.29, 1.82) is 0 Å². The van der Waals surface area contributed by atoms with Gasteiger partial charge in [0.15, 0.2) is 0 Å². The zero-order chi connectivity index (χ0) is 17.4. The Hall–Kier alpha value is -2.66. The monoisotopic (exact) mass is 327 g/mol. The summed E-state index contributed by atoms with van der Waals surface area (Å²) >= 11 is 0. The number of rotatable bonds is 8. The smallest absolute Gasteiger partial charge is 0.231 e. The van der Waals surface area contributed by atoms with E-state index in [1.165, 1.54) is 6.07 Å². The molecule has 0 aliphatic rings. The number of nitrogens with one attached hydrogen (secondary N) is 1. The molecule has 2 aromatic carbocycles. The van der Waals surface area contributed by atoms with Gasteiger partial charge in [-0.05, 0) is 18.1 Å². The van der Waals surface area contributed by atoms with E-state index in [1.54, 1.807) is 18.2 Å². The normalized spacial score (nSPS) is 11.7. The Morgan fingerprint density at radius 2 is 1.67 bits per heavy atom. The number of phenolic OH excluding ortho intramolecular Hbond substituents is 1. The van der Waals surface area contributed by atoms with Gasteiger partial charge in [-0.1, -0.05) is 48.5 Å². The van der Waals surface area contributed by atoms with E-state index in [4.69, 9.17) is 5.11 Å². The van der Waals surface area contributed by atoms with E-state index in [0.717, 1.165) is 5.56 Å². The van der Waals surface area contributed by atoms with Crippen LogP contribution in [0.5, 0.6) is 5.75 Å². The van der Waals surface area contributed by atoms with Crippen LogP contribution in [0.4, 0.5) is 0 Å². The van der Waals surface area contributed by atoms with Gasteiger partial charge in [0.25, 0.3) is 0 Å². The van der Waals surface area contributed by atoms with Crippen molar-refractivity contribution >= 4 is 11.7 Å². The first-order valence-electron chi connectivity index (χ1n) is 7.84. The molecular weight excluding hydrogens is 306 g/mol. The highest BCUT2D eigenvalue weighted by molar-refractivity contribution is 6.02. The zero-order valence-electron chi connectivity index (χ0n) is 13.3. The number of phenols is 1. The van der Waals surface area contributed by atoms with Gasteiger partial charge in [-0.2, -0.15) is 0 Å². The van der Waals surface area contributed by atoms with Crippen molar-refractivity contribution in [2.45, 2.75) is 12.8 Å². The predicted molar refractivity (Wildman–Crippen MR) is 90.5 cm³/mol. The number of para-hydroxylation sites is 1. The Morgan fingerprint density at radius 3 is 2.33 bits per heavy atom. The summed E-state index contributed by atoms with van der Waals surface area (Å²) in [6, 6.07) is 15.9. The number of benzene rings is 2. The lowest BCUT2D eigenvalue weighted by Crippen LogP contribution is -2.38. The molecule has 3 N–H and O–H groups in total. The van der Waals surface area contributed by atoms with E-state index < -0.39 is 11.8 Å². The van der Waals surface area contributed by atoms with E-state index in [1.807, 2.05) is 30.3 Å². The van der Waals surface area contributed by atoms with Crippen LogP contribution in [0.1, 0.15) is 11.1 Å². The summed E-state index contributed by atoms with van der Waals surface area (Å²) in [5, 5.41) is 21.3. The molecule has 5 nitrogen and oxygen atoms in total. The summed E-state index contributed by atoms with van der Waals surface area (Å²) < 4.78 is 0. The summed E-state index contributed by atoms with van der Waals surface area (Å²) in [7, 11) is 0. The summed E-state index contributed by atoms with van der Waals surface area (Å²) in [6.45, 7) is -0.0779. The van der Waals surface area contributed by atoms with Gasteiger partial charge in [0.1, 0.15) is 17.5 Å². The molecule has 0 aromatic heterocycles. The van der Waals surface area contributed by atoms with Crippen LogP contribution < -0.4 is 5.32 Å². The van der Waals surface area contributed by atoms with Crippen molar-refractivity contribution in [2.75, 3.05) is 13.2 Å². The standard InChI is InChI=1S/C19H21NO4/c21-11-10-20-19(24)16(12-14-6-2-1-3-7-14)18(23)13-15-8-4-5-9-17(15)22/h1-9,16,21-22H,10-13H2,(H,20,24). The number of carbonyl (C=O) groups excluding carboxylic acids is 2.